The highest BCUT2D eigenvalue weighted by molar-refractivity contribution is 5.73. The number of nitrogens with zero attached hydrogens (tertiary/aromatic N) is 2. The Bertz CT molecular complexity index is 196. The minimum Gasteiger partial charge on any atom is -0.338 e. The van der Waals surface area contributed by atoms with Crippen LogP contribution in [0.2, 0.25) is 0 Å². The Morgan fingerprint density at radius 3 is 2.86 bits per heavy atom. The summed E-state index contributed by atoms with van der Waals surface area (Å²) in [4.78, 5) is 15.4. The second-order valence-electron chi connectivity index (χ2n) is 4.12. The van der Waals surface area contributed by atoms with Crippen molar-refractivity contribution in [3.63, 3.8) is 0 Å². The monoisotopic (exact) mass is 199 g/mol. The van der Waals surface area contributed by atoms with Gasteiger partial charge in [0.2, 0.25) is 0 Å². The second-order valence-corrected chi connectivity index (χ2v) is 4.12. The first kappa shape index (κ1) is 11.3. The maximum absolute atomic E-state index is 11.4. The smallest absolute Gasteiger partial charge is 0.317 e. The highest BCUT2D eigenvalue weighted by Crippen LogP contribution is 2.12. The minimum atomic E-state index is 0.0436. The first-order valence-electron chi connectivity index (χ1n) is 5.31. The van der Waals surface area contributed by atoms with Crippen LogP contribution in [-0.2, 0) is 0 Å². The predicted molar refractivity (Wildman–Crippen MR) is 57.3 cm³/mol. The van der Waals surface area contributed by atoms with E-state index in [9.17, 15) is 4.79 Å². The molecule has 0 radical (unpaired) electrons. The lowest BCUT2D eigenvalue weighted by molar-refractivity contribution is 0.209. The Hall–Kier alpha value is -0.770. The van der Waals surface area contributed by atoms with Gasteiger partial charge in [0.15, 0.2) is 0 Å². The number of carbonyl (C=O) groups excluding carboxylic acids is 1. The molecule has 2 amide bonds. The maximum Gasteiger partial charge on any atom is 0.317 e. The maximum atomic E-state index is 11.4. The third-order valence-electron chi connectivity index (χ3n) is 2.85. The number of likely N-dealkylation sites (tertiary alicyclic amines) is 1. The standard InChI is InChI=1S/C10H21N3O/c1-4-13(3)10(14)11-7-9-5-6-12(2)8-9/h9H,4-8H2,1-3H3,(H,11,14). The normalized spacial score (nSPS) is 22.4. The van der Waals surface area contributed by atoms with E-state index in [-0.39, 0.29) is 6.03 Å². The molecule has 4 heteroatoms. The van der Waals surface area contributed by atoms with E-state index >= 15 is 0 Å². The molecule has 82 valence electrons. The number of hydrogen-bond acceptors (Lipinski definition) is 2. The number of urea groups is 1. The number of carbonyl (C=O) groups is 1. The molecule has 0 aromatic heterocycles. The molecule has 0 aromatic carbocycles. The average molecular weight is 199 g/mol. The van der Waals surface area contributed by atoms with Gasteiger partial charge in [0.25, 0.3) is 0 Å². The molecule has 1 fully saturated rings. The lowest BCUT2D eigenvalue weighted by atomic mass is 10.1. The molecule has 1 heterocycles. The van der Waals surface area contributed by atoms with Crippen LogP contribution in [-0.4, -0.2) is 56.1 Å². The third kappa shape index (κ3) is 3.18. The summed E-state index contributed by atoms with van der Waals surface area (Å²) in [6.45, 7) is 5.81. The van der Waals surface area contributed by atoms with Crippen molar-refractivity contribution >= 4 is 6.03 Å². The van der Waals surface area contributed by atoms with Crippen molar-refractivity contribution in [3.8, 4) is 0 Å². The van der Waals surface area contributed by atoms with E-state index in [1.807, 2.05) is 14.0 Å². The molecule has 0 spiro atoms. The lowest BCUT2D eigenvalue weighted by Gasteiger charge is -2.17. The van der Waals surface area contributed by atoms with E-state index in [1.165, 1.54) is 6.42 Å². The Morgan fingerprint density at radius 1 is 1.64 bits per heavy atom. The fourth-order valence-corrected chi connectivity index (χ4v) is 1.70. The Kier molecular flexibility index (Phi) is 4.20. The average Bonchev–Trinajstić information content (AvgIpc) is 2.59. The molecule has 1 rings (SSSR count). The number of hydrogen-bond donors (Lipinski definition) is 1. The van der Waals surface area contributed by atoms with E-state index in [4.69, 9.17) is 0 Å². The summed E-state index contributed by atoms with van der Waals surface area (Å²) < 4.78 is 0. The summed E-state index contributed by atoms with van der Waals surface area (Å²) >= 11 is 0. The fourth-order valence-electron chi connectivity index (χ4n) is 1.70. The van der Waals surface area contributed by atoms with Crippen molar-refractivity contribution in [3.05, 3.63) is 0 Å². The van der Waals surface area contributed by atoms with Crippen molar-refractivity contribution in [2.75, 3.05) is 40.3 Å². The zero-order chi connectivity index (χ0) is 10.6. The molecule has 0 saturated carbocycles. The molecule has 1 saturated heterocycles. The van der Waals surface area contributed by atoms with E-state index < -0.39 is 0 Å². The number of amides is 2. The molecule has 1 N–H and O–H groups in total. The summed E-state index contributed by atoms with van der Waals surface area (Å²) in [5.41, 5.74) is 0. The topological polar surface area (TPSA) is 35.6 Å². The summed E-state index contributed by atoms with van der Waals surface area (Å²) in [5.74, 6) is 0.634. The minimum absolute atomic E-state index is 0.0436. The molecule has 1 aliphatic heterocycles. The van der Waals surface area contributed by atoms with Crippen LogP contribution in [0.1, 0.15) is 13.3 Å². The van der Waals surface area contributed by atoms with Crippen molar-refractivity contribution < 1.29 is 4.79 Å². The molecule has 0 aromatic rings. The Balaban J connectivity index is 2.17. The molecular weight excluding hydrogens is 178 g/mol. The van der Waals surface area contributed by atoms with Crippen molar-refractivity contribution in [2.45, 2.75) is 13.3 Å². The largest absolute Gasteiger partial charge is 0.338 e. The van der Waals surface area contributed by atoms with Crippen LogP contribution in [0.4, 0.5) is 4.79 Å². The van der Waals surface area contributed by atoms with Crippen LogP contribution in [0, 0.1) is 5.92 Å². The summed E-state index contributed by atoms with van der Waals surface area (Å²) in [6.07, 6.45) is 1.20. The van der Waals surface area contributed by atoms with E-state index in [2.05, 4.69) is 17.3 Å². The van der Waals surface area contributed by atoms with Gasteiger partial charge in [-0.2, -0.15) is 0 Å². The number of nitrogens with one attached hydrogen (secondary N) is 1. The van der Waals surface area contributed by atoms with Gasteiger partial charge in [-0.05, 0) is 32.9 Å². The highest BCUT2D eigenvalue weighted by Gasteiger charge is 2.20. The van der Waals surface area contributed by atoms with Gasteiger partial charge in [0.05, 0.1) is 0 Å². The number of rotatable bonds is 3. The van der Waals surface area contributed by atoms with Crippen LogP contribution < -0.4 is 5.32 Å². The van der Waals surface area contributed by atoms with E-state index in [0.717, 1.165) is 26.2 Å². The van der Waals surface area contributed by atoms with Crippen molar-refractivity contribution in [1.82, 2.24) is 15.1 Å². The van der Waals surface area contributed by atoms with Crippen LogP contribution in [0.5, 0.6) is 0 Å². The second kappa shape index (κ2) is 5.20. The van der Waals surface area contributed by atoms with Gasteiger partial charge in [-0.3, -0.25) is 0 Å². The summed E-state index contributed by atoms with van der Waals surface area (Å²) in [5, 5.41) is 2.96. The van der Waals surface area contributed by atoms with Gasteiger partial charge in [0, 0.05) is 26.7 Å². The van der Waals surface area contributed by atoms with Crippen LogP contribution in [0.25, 0.3) is 0 Å². The van der Waals surface area contributed by atoms with E-state index in [0.29, 0.717) is 5.92 Å². The molecule has 14 heavy (non-hydrogen) atoms. The summed E-state index contributed by atoms with van der Waals surface area (Å²) in [6, 6.07) is 0.0436. The Morgan fingerprint density at radius 2 is 2.36 bits per heavy atom. The van der Waals surface area contributed by atoms with Gasteiger partial charge in [-0.25, -0.2) is 4.79 Å². The van der Waals surface area contributed by atoms with Crippen molar-refractivity contribution in [1.29, 1.82) is 0 Å². The van der Waals surface area contributed by atoms with Gasteiger partial charge < -0.3 is 15.1 Å². The Labute approximate surface area is 86.2 Å². The highest BCUT2D eigenvalue weighted by atomic mass is 16.2. The zero-order valence-corrected chi connectivity index (χ0v) is 9.42. The molecule has 1 aliphatic rings. The van der Waals surface area contributed by atoms with Gasteiger partial charge in [0.1, 0.15) is 0 Å². The molecule has 1 atom stereocenters. The zero-order valence-electron chi connectivity index (χ0n) is 9.42. The van der Waals surface area contributed by atoms with E-state index in [1.54, 1.807) is 4.90 Å². The molecule has 0 aliphatic carbocycles. The van der Waals surface area contributed by atoms with Crippen LogP contribution in [0.15, 0.2) is 0 Å². The molecule has 4 nitrogen and oxygen atoms in total. The first-order chi connectivity index (χ1) is 6.63. The summed E-state index contributed by atoms with van der Waals surface area (Å²) in [7, 11) is 3.94. The predicted octanol–water partition coefficient (Wildman–Crippen LogP) is 0.599. The quantitative estimate of drug-likeness (QED) is 0.722. The fraction of sp³-hybridized carbons (Fsp3) is 0.900. The molecule has 1 unspecified atom stereocenters. The van der Waals surface area contributed by atoms with Crippen LogP contribution in [0.3, 0.4) is 0 Å². The third-order valence-corrected chi connectivity index (χ3v) is 2.85. The van der Waals surface area contributed by atoms with Gasteiger partial charge in [-0.1, -0.05) is 0 Å². The SMILES string of the molecule is CCN(C)C(=O)NCC1CCN(C)C1. The van der Waals surface area contributed by atoms with Crippen LogP contribution >= 0.6 is 0 Å². The molecular formula is C10H21N3O. The first-order valence-corrected chi connectivity index (χ1v) is 5.31. The molecule has 0 bridgehead atoms. The lowest BCUT2D eigenvalue weighted by Crippen LogP contribution is -2.39. The van der Waals surface area contributed by atoms with Crippen molar-refractivity contribution in [2.24, 2.45) is 5.92 Å². The van der Waals surface area contributed by atoms with Gasteiger partial charge in [-0.15, -0.1) is 0 Å². The van der Waals surface area contributed by atoms with Gasteiger partial charge >= 0.3 is 6.03 Å².